The Morgan fingerprint density at radius 1 is 1.61 bits per heavy atom. The molecule has 2 heterocycles. The summed E-state index contributed by atoms with van der Waals surface area (Å²) in [6.07, 6.45) is 0.767. The first kappa shape index (κ1) is 12.8. The van der Waals surface area contributed by atoms with Gasteiger partial charge in [-0.25, -0.2) is 9.18 Å². The van der Waals surface area contributed by atoms with E-state index in [-0.39, 0.29) is 0 Å². The number of aromatic nitrogens is 1. The molecule has 0 saturated carbocycles. The van der Waals surface area contributed by atoms with Gasteiger partial charge in [0.05, 0.1) is 12.2 Å². The minimum Gasteiger partial charge on any atom is -0.465 e. The average molecular weight is 254 g/mol. The van der Waals surface area contributed by atoms with Crippen molar-refractivity contribution in [2.75, 3.05) is 0 Å². The van der Waals surface area contributed by atoms with Crippen LogP contribution in [0.25, 0.3) is 0 Å². The summed E-state index contributed by atoms with van der Waals surface area (Å²) in [6, 6.07) is 0.615. The molecule has 5 nitrogen and oxygen atoms in total. The zero-order valence-electron chi connectivity index (χ0n) is 10.2. The molecule has 0 aromatic carbocycles. The average Bonchev–Trinajstić information content (AvgIpc) is 2.24. The summed E-state index contributed by atoms with van der Waals surface area (Å²) >= 11 is 0. The van der Waals surface area contributed by atoms with E-state index in [2.05, 4.69) is 4.98 Å². The molecule has 1 aliphatic rings. The maximum Gasteiger partial charge on any atom is 0.408 e. The molecule has 1 aromatic rings. The molecule has 2 unspecified atom stereocenters. The second kappa shape index (κ2) is 4.20. The van der Waals surface area contributed by atoms with Crippen LogP contribution < -0.4 is 0 Å². The number of carboxylic acid groups (broad SMARTS) is 1. The summed E-state index contributed by atoms with van der Waals surface area (Å²) in [5.41, 5.74) is -0.208. The van der Waals surface area contributed by atoms with Gasteiger partial charge in [-0.15, -0.1) is 0 Å². The highest BCUT2D eigenvalue weighted by Crippen LogP contribution is 2.42. The van der Waals surface area contributed by atoms with Gasteiger partial charge < -0.3 is 10.2 Å². The van der Waals surface area contributed by atoms with Gasteiger partial charge in [0.15, 0.2) is 0 Å². The molecular formula is C12H15FN2O3. The number of likely N-dealkylation sites (tertiary alicyclic amines) is 1. The normalized spacial score (nSPS) is 23.3. The molecule has 98 valence electrons. The summed E-state index contributed by atoms with van der Waals surface area (Å²) in [5, 5.41) is 19.2. The zero-order valence-corrected chi connectivity index (χ0v) is 10.2. The topological polar surface area (TPSA) is 73.7 Å². The van der Waals surface area contributed by atoms with Crippen LogP contribution in [0.5, 0.6) is 0 Å². The first-order chi connectivity index (χ1) is 8.33. The smallest absolute Gasteiger partial charge is 0.408 e. The number of halogens is 1. The summed E-state index contributed by atoms with van der Waals surface area (Å²) in [5.74, 6) is -0.549. The van der Waals surface area contributed by atoms with Crippen molar-refractivity contribution in [1.29, 1.82) is 0 Å². The first-order valence-electron chi connectivity index (χ1n) is 5.64. The van der Waals surface area contributed by atoms with E-state index in [1.807, 2.05) is 0 Å². The standard InChI is InChI=1S/C12H15FN2O3/c1-12(2)4-9(15(12)11(17)18)10(16)7-3-8(13)6-14-5-7/h3,5-6,9-10,16H,4H2,1-2H3,(H,17,18). The van der Waals surface area contributed by atoms with Crippen molar-refractivity contribution < 1.29 is 19.4 Å². The molecule has 0 spiro atoms. The van der Waals surface area contributed by atoms with Gasteiger partial charge in [-0.2, -0.15) is 0 Å². The monoisotopic (exact) mass is 254 g/mol. The van der Waals surface area contributed by atoms with E-state index in [1.54, 1.807) is 13.8 Å². The van der Waals surface area contributed by atoms with Crippen molar-refractivity contribution in [2.45, 2.75) is 38.0 Å². The van der Waals surface area contributed by atoms with Crippen LogP contribution in [0.2, 0.25) is 0 Å². The highest BCUT2D eigenvalue weighted by Gasteiger charge is 2.51. The Bertz CT molecular complexity index is 478. The number of pyridine rings is 1. The summed E-state index contributed by atoms with van der Waals surface area (Å²) in [4.78, 5) is 16.0. The minimum atomic E-state index is -1.08. The molecule has 1 saturated heterocycles. The van der Waals surface area contributed by atoms with E-state index >= 15 is 0 Å². The lowest BCUT2D eigenvalue weighted by molar-refractivity contribution is -0.0853. The Morgan fingerprint density at radius 2 is 2.28 bits per heavy atom. The second-order valence-corrected chi connectivity index (χ2v) is 5.12. The van der Waals surface area contributed by atoms with Crippen molar-refractivity contribution in [3.8, 4) is 0 Å². The molecule has 0 bridgehead atoms. The molecule has 0 aliphatic carbocycles. The number of amides is 1. The predicted octanol–water partition coefficient (Wildman–Crippen LogP) is 1.78. The molecule has 2 atom stereocenters. The largest absolute Gasteiger partial charge is 0.465 e. The highest BCUT2D eigenvalue weighted by atomic mass is 19.1. The molecule has 0 radical (unpaired) electrons. The molecule has 1 aliphatic heterocycles. The van der Waals surface area contributed by atoms with E-state index in [4.69, 9.17) is 5.11 Å². The van der Waals surface area contributed by atoms with E-state index < -0.39 is 29.6 Å². The van der Waals surface area contributed by atoms with Gasteiger partial charge >= 0.3 is 6.09 Å². The lowest BCUT2D eigenvalue weighted by Crippen LogP contribution is -2.66. The van der Waals surface area contributed by atoms with Crippen LogP contribution in [0, 0.1) is 5.82 Å². The summed E-state index contributed by atoms with van der Waals surface area (Å²) in [6.45, 7) is 3.57. The van der Waals surface area contributed by atoms with Crippen molar-refractivity contribution >= 4 is 6.09 Å². The van der Waals surface area contributed by atoms with Crippen molar-refractivity contribution in [3.05, 3.63) is 29.8 Å². The van der Waals surface area contributed by atoms with E-state index in [0.29, 0.717) is 12.0 Å². The fourth-order valence-electron chi connectivity index (χ4n) is 2.50. The van der Waals surface area contributed by atoms with Gasteiger partial charge in [-0.3, -0.25) is 9.88 Å². The van der Waals surface area contributed by atoms with Crippen LogP contribution in [0.4, 0.5) is 9.18 Å². The Balaban J connectivity index is 2.20. The van der Waals surface area contributed by atoms with Crippen LogP contribution in [0.15, 0.2) is 18.5 Å². The van der Waals surface area contributed by atoms with Gasteiger partial charge in [-0.1, -0.05) is 0 Å². The zero-order chi connectivity index (χ0) is 13.5. The van der Waals surface area contributed by atoms with Gasteiger partial charge in [0.1, 0.15) is 11.9 Å². The number of nitrogens with zero attached hydrogens (tertiary/aromatic N) is 2. The molecular weight excluding hydrogens is 239 g/mol. The van der Waals surface area contributed by atoms with Crippen LogP contribution in [0.1, 0.15) is 31.9 Å². The molecule has 2 N–H and O–H groups in total. The third-order valence-electron chi connectivity index (χ3n) is 3.33. The quantitative estimate of drug-likeness (QED) is 0.843. The molecule has 1 aromatic heterocycles. The Morgan fingerprint density at radius 3 is 2.78 bits per heavy atom. The van der Waals surface area contributed by atoms with Gasteiger partial charge in [0, 0.05) is 17.3 Å². The summed E-state index contributed by atoms with van der Waals surface area (Å²) in [7, 11) is 0. The van der Waals surface area contributed by atoms with Gasteiger partial charge in [0.2, 0.25) is 0 Å². The fourth-order valence-corrected chi connectivity index (χ4v) is 2.50. The number of rotatable bonds is 2. The second-order valence-electron chi connectivity index (χ2n) is 5.12. The number of aliphatic hydroxyl groups excluding tert-OH is 1. The molecule has 6 heteroatoms. The third-order valence-corrected chi connectivity index (χ3v) is 3.33. The number of aliphatic hydroxyl groups is 1. The predicted molar refractivity (Wildman–Crippen MR) is 61.5 cm³/mol. The highest BCUT2D eigenvalue weighted by molar-refractivity contribution is 5.68. The van der Waals surface area contributed by atoms with Crippen LogP contribution in [0.3, 0.4) is 0 Å². The SMILES string of the molecule is CC1(C)CC(C(O)c2cncc(F)c2)N1C(=O)O. The van der Waals surface area contributed by atoms with Crippen LogP contribution >= 0.6 is 0 Å². The Kier molecular flexibility index (Phi) is 2.98. The lowest BCUT2D eigenvalue weighted by Gasteiger charge is -2.54. The molecule has 18 heavy (non-hydrogen) atoms. The Hall–Kier alpha value is -1.69. The Labute approximate surface area is 104 Å². The van der Waals surface area contributed by atoms with Crippen LogP contribution in [-0.4, -0.2) is 37.8 Å². The van der Waals surface area contributed by atoms with E-state index in [9.17, 15) is 14.3 Å². The molecule has 1 amide bonds. The van der Waals surface area contributed by atoms with Crippen molar-refractivity contribution in [1.82, 2.24) is 9.88 Å². The molecule has 2 rings (SSSR count). The number of hydrogen-bond acceptors (Lipinski definition) is 3. The lowest BCUT2D eigenvalue weighted by atomic mass is 9.78. The van der Waals surface area contributed by atoms with Crippen LogP contribution in [-0.2, 0) is 0 Å². The van der Waals surface area contributed by atoms with Crippen molar-refractivity contribution in [2.24, 2.45) is 0 Å². The summed E-state index contributed by atoms with van der Waals surface area (Å²) < 4.78 is 13.0. The maximum absolute atomic E-state index is 13.0. The maximum atomic E-state index is 13.0. The first-order valence-corrected chi connectivity index (χ1v) is 5.64. The minimum absolute atomic E-state index is 0.293. The number of carbonyl (C=O) groups is 1. The van der Waals surface area contributed by atoms with E-state index in [0.717, 1.165) is 6.20 Å². The number of hydrogen-bond donors (Lipinski definition) is 2. The van der Waals surface area contributed by atoms with Crippen molar-refractivity contribution in [3.63, 3.8) is 0 Å². The van der Waals surface area contributed by atoms with Gasteiger partial charge in [0.25, 0.3) is 0 Å². The fraction of sp³-hybridized carbons (Fsp3) is 0.500. The third kappa shape index (κ3) is 2.03. The van der Waals surface area contributed by atoms with E-state index in [1.165, 1.54) is 17.2 Å². The van der Waals surface area contributed by atoms with Gasteiger partial charge in [-0.05, 0) is 26.3 Å². The molecule has 1 fully saturated rings.